The zero-order valence-electron chi connectivity index (χ0n) is 7.42. The van der Waals surface area contributed by atoms with Crippen LogP contribution in [-0.4, -0.2) is 23.7 Å². The van der Waals surface area contributed by atoms with Crippen LogP contribution in [0.25, 0.3) is 0 Å². The molecule has 3 heteroatoms. The normalized spacial score (nSPS) is 33.8. The molecule has 1 aliphatic heterocycles. The van der Waals surface area contributed by atoms with Gasteiger partial charge in [-0.05, 0) is 31.7 Å². The van der Waals surface area contributed by atoms with E-state index >= 15 is 0 Å². The van der Waals surface area contributed by atoms with Crippen LogP contribution in [0.4, 0.5) is 0 Å². The number of rotatable bonds is 2. The highest BCUT2D eigenvalue weighted by atomic mass is 79.9. The molecular weight excluding hydrogens is 218 g/mol. The summed E-state index contributed by atoms with van der Waals surface area (Å²) in [6.45, 7) is 3.15. The molecule has 1 fully saturated rings. The minimum Gasteiger partial charge on any atom is -0.308 e. The van der Waals surface area contributed by atoms with Crippen molar-refractivity contribution >= 4 is 22.2 Å². The van der Waals surface area contributed by atoms with Gasteiger partial charge in [0, 0.05) is 4.83 Å². The second kappa shape index (κ2) is 4.97. The molecule has 1 heterocycles. The molecule has 0 amide bonds. The molecule has 3 atom stereocenters. The van der Waals surface area contributed by atoms with Crippen LogP contribution < -0.4 is 5.32 Å². The Kier molecular flexibility index (Phi) is 4.22. The molecule has 0 aliphatic carbocycles. The summed E-state index contributed by atoms with van der Waals surface area (Å²) in [5.74, 6) is 0.648. The van der Waals surface area contributed by atoms with Gasteiger partial charge in [-0.2, -0.15) is 0 Å². The number of carbonyl (C=O) groups excluding carboxylic acids is 1. The third-order valence-corrected chi connectivity index (χ3v) is 3.28. The first-order valence-corrected chi connectivity index (χ1v) is 5.48. The number of hydrogen-bond acceptors (Lipinski definition) is 2. The molecule has 1 aliphatic rings. The van der Waals surface area contributed by atoms with Crippen LogP contribution in [0.5, 0.6) is 0 Å². The molecule has 0 bridgehead atoms. The molecule has 0 aromatic heterocycles. The molecule has 12 heavy (non-hydrogen) atoms. The van der Waals surface area contributed by atoms with Crippen LogP contribution in [0.15, 0.2) is 0 Å². The summed E-state index contributed by atoms with van der Waals surface area (Å²) in [6.07, 6.45) is 4.43. The lowest BCUT2D eigenvalue weighted by molar-refractivity contribution is -0.109. The zero-order valence-corrected chi connectivity index (χ0v) is 9.01. The third kappa shape index (κ3) is 2.87. The molecular formula is C9H16BrNO. The Morgan fingerprint density at radius 3 is 3.00 bits per heavy atom. The van der Waals surface area contributed by atoms with Gasteiger partial charge in [-0.15, -0.1) is 0 Å². The molecule has 3 unspecified atom stereocenters. The highest BCUT2D eigenvalue weighted by Gasteiger charge is 2.22. The van der Waals surface area contributed by atoms with E-state index in [0.717, 1.165) is 19.3 Å². The third-order valence-electron chi connectivity index (χ3n) is 2.53. The van der Waals surface area contributed by atoms with Crippen molar-refractivity contribution < 1.29 is 4.79 Å². The minimum atomic E-state index is 0.0810. The average molecular weight is 234 g/mol. The van der Waals surface area contributed by atoms with Gasteiger partial charge in [0.15, 0.2) is 0 Å². The molecule has 1 N–H and O–H groups in total. The van der Waals surface area contributed by atoms with Gasteiger partial charge >= 0.3 is 0 Å². The molecule has 2 nitrogen and oxygen atoms in total. The fraction of sp³-hybridized carbons (Fsp3) is 0.889. The number of alkyl halides is 1. The second-order valence-electron chi connectivity index (χ2n) is 3.51. The summed E-state index contributed by atoms with van der Waals surface area (Å²) in [4.78, 5) is 11.1. The number of halogens is 1. The second-order valence-corrected chi connectivity index (χ2v) is 4.96. The molecule has 0 aromatic rings. The van der Waals surface area contributed by atoms with Crippen molar-refractivity contribution in [1.82, 2.24) is 5.32 Å². The Bertz CT molecular complexity index is 149. The first-order valence-electron chi connectivity index (χ1n) is 4.56. The van der Waals surface area contributed by atoms with Crippen LogP contribution in [0, 0.1) is 5.92 Å². The lowest BCUT2D eigenvalue weighted by Crippen LogP contribution is -2.31. The van der Waals surface area contributed by atoms with E-state index in [4.69, 9.17) is 0 Å². The molecule has 0 aromatic carbocycles. The molecule has 0 saturated carbocycles. The maximum atomic E-state index is 10.6. The monoisotopic (exact) mass is 233 g/mol. The maximum Gasteiger partial charge on any atom is 0.136 e. The van der Waals surface area contributed by atoms with Crippen molar-refractivity contribution in [2.75, 3.05) is 6.54 Å². The van der Waals surface area contributed by atoms with Crippen LogP contribution in [0.1, 0.15) is 26.2 Å². The first kappa shape index (κ1) is 10.2. The van der Waals surface area contributed by atoms with Gasteiger partial charge in [-0.3, -0.25) is 0 Å². The summed E-state index contributed by atoms with van der Waals surface area (Å²) in [7, 11) is 0. The van der Waals surface area contributed by atoms with Gasteiger partial charge in [0.05, 0.1) is 6.04 Å². The Morgan fingerprint density at radius 2 is 2.42 bits per heavy atom. The zero-order chi connectivity index (χ0) is 8.97. The van der Waals surface area contributed by atoms with E-state index in [-0.39, 0.29) is 6.04 Å². The summed E-state index contributed by atoms with van der Waals surface area (Å²) in [6, 6.07) is 0.0810. The van der Waals surface area contributed by atoms with Crippen LogP contribution in [0.2, 0.25) is 0 Å². The van der Waals surface area contributed by atoms with Crippen molar-refractivity contribution in [1.29, 1.82) is 0 Å². The Morgan fingerprint density at radius 1 is 1.67 bits per heavy atom. The maximum absolute atomic E-state index is 10.6. The molecule has 1 saturated heterocycles. The van der Waals surface area contributed by atoms with Crippen molar-refractivity contribution in [2.45, 2.75) is 37.1 Å². The molecule has 0 radical (unpaired) electrons. The topological polar surface area (TPSA) is 29.1 Å². The average Bonchev–Trinajstić information content (AvgIpc) is 2.28. The van der Waals surface area contributed by atoms with E-state index in [1.807, 2.05) is 0 Å². The molecule has 0 spiro atoms. The SMILES string of the molecule is CC(Br)C1CCCNC(C=O)C1. The van der Waals surface area contributed by atoms with E-state index in [9.17, 15) is 4.79 Å². The number of hydrogen-bond donors (Lipinski definition) is 1. The van der Waals surface area contributed by atoms with Crippen molar-refractivity contribution in [3.8, 4) is 0 Å². The summed E-state index contributed by atoms with van der Waals surface area (Å²) >= 11 is 3.58. The van der Waals surface area contributed by atoms with Crippen LogP contribution in [-0.2, 0) is 4.79 Å². The van der Waals surface area contributed by atoms with E-state index in [1.165, 1.54) is 12.8 Å². The fourth-order valence-electron chi connectivity index (χ4n) is 1.70. The highest BCUT2D eigenvalue weighted by Crippen LogP contribution is 2.24. The largest absolute Gasteiger partial charge is 0.308 e. The smallest absolute Gasteiger partial charge is 0.136 e. The number of nitrogens with one attached hydrogen (secondary N) is 1. The lowest BCUT2D eigenvalue weighted by atomic mass is 9.95. The van der Waals surface area contributed by atoms with Gasteiger partial charge in [-0.1, -0.05) is 22.9 Å². The lowest BCUT2D eigenvalue weighted by Gasteiger charge is -2.18. The molecule has 70 valence electrons. The standard InChI is InChI=1S/C9H16BrNO/c1-7(10)8-3-2-4-11-9(5-8)6-12/h6-9,11H,2-5H2,1H3. The van der Waals surface area contributed by atoms with E-state index in [0.29, 0.717) is 10.7 Å². The Labute approximate surface area is 82.2 Å². The molecule has 1 rings (SSSR count). The van der Waals surface area contributed by atoms with Crippen LogP contribution in [0.3, 0.4) is 0 Å². The quantitative estimate of drug-likeness (QED) is 0.582. The minimum absolute atomic E-state index is 0.0810. The predicted molar refractivity (Wildman–Crippen MR) is 53.6 cm³/mol. The summed E-state index contributed by atoms with van der Waals surface area (Å²) < 4.78 is 0. The predicted octanol–water partition coefficient (Wildman–Crippen LogP) is 1.73. The van der Waals surface area contributed by atoms with Gasteiger partial charge in [0.2, 0.25) is 0 Å². The number of aldehydes is 1. The summed E-state index contributed by atoms with van der Waals surface area (Å²) in [5, 5.41) is 3.23. The highest BCUT2D eigenvalue weighted by molar-refractivity contribution is 9.09. The van der Waals surface area contributed by atoms with Crippen molar-refractivity contribution in [3.05, 3.63) is 0 Å². The van der Waals surface area contributed by atoms with E-state index in [2.05, 4.69) is 28.2 Å². The Hall–Kier alpha value is 0.110. The summed E-state index contributed by atoms with van der Waals surface area (Å²) in [5.41, 5.74) is 0. The van der Waals surface area contributed by atoms with Gasteiger partial charge < -0.3 is 10.1 Å². The van der Waals surface area contributed by atoms with E-state index in [1.54, 1.807) is 0 Å². The van der Waals surface area contributed by atoms with Gasteiger partial charge in [0.1, 0.15) is 6.29 Å². The van der Waals surface area contributed by atoms with Crippen LogP contribution >= 0.6 is 15.9 Å². The van der Waals surface area contributed by atoms with Gasteiger partial charge in [-0.25, -0.2) is 0 Å². The Balaban J connectivity index is 2.47. The number of carbonyl (C=O) groups is 1. The first-order chi connectivity index (χ1) is 5.74. The van der Waals surface area contributed by atoms with Crippen molar-refractivity contribution in [2.24, 2.45) is 5.92 Å². The fourth-order valence-corrected chi connectivity index (χ4v) is 2.18. The van der Waals surface area contributed by atoms with E-state index < -0.39 is 0 Å². The van der Waals surface area contributed by atoms with Crippen molar-refractivity contribution in [3.63, 3.8) is 0 Å². The van der Waals surface area contributed by atoms with Gasteiger partial charge in [0.25, 0.3) is 0 Å².